The summed E-state index contributed by atoms with van der Waals surface area (Å²) in [7, 11) is 0. The van der Waals surface area contributed by atoms with Gasteiger partial charge in [0.1, 0.15) is 5.82 Å². The maximum Gasteiger partial charge on any atom is 0.365 e. The van der Waals surface area contributed by atoms with Crippen molar-refractivity contribution in [2.75, 3.05) is 0 Å². The number of rotatable bonds is 5. The highest BCUT2D eigenvalue weighted by Gasteiger charge is 2.10. The van der Waals surface area contributed by atoms with E-state index in [1.54, 1.807) is 11.4 Å². The van der Waals surface area contributed by atoms with E-state index >= 15 is 0 Å². The number of carboxylic acids is 1. The summed E-state index contributed by atoms with van der Waals surface area (Å²) in [5.74, 6) is -1.29. The van der Waals surface area contributed by atoms with Gasteiger partial charge >= 0.3 is 5.97 Å². The SMILES string of the molecule is C[C@@H](NCc1csc(C(=O)O)n1)c1cccc(F)c1. The van der Waals surface area contributed by atoms with Crippen LogP contribution in [-0.4, -0.2) is 16.1 Å². The first-order chi connectivity index (χ1) is 9.06. The summed E-state index contributed by atoms with van der Waals surface area (Å²) < 4.78 is 13.1. The molecule has 2 rings (SSSR count). The normalized spacial score (nSPS) is 12.3. The zero-order valence-corrected chi connectivity index (χ0v) is 11.1. The van der Waals surface area contributed by atoms with Gasteiger partial charge in [0.15, 0.2) is 0 Å². The number of hydrogen-bond donors (Lipinski definition) is 2. The summed E-state index contributed by atoms with van der Waals surface area (Å²) >= 11 is 1.10. The van der Waals surface area contributed by atoms with Crippen molar-refractivity contribution in [3.8, 4) is 0 Å². The number of halogens is 1. The first kappa shape index (κ1) is 13.6. The minimum atomic E-state index is -1.02. The molecule has 1 heterocycles. The number of aromatic carboxylic acids is 1. The van der Waals surface area contributed by atoms with Gasteiger partial charge in [0.05, 0.1) is 5.69 Å². The third-order valence-electron chi connectivity index (χ3n) is 2.67. The quantitative estimate of drug-likeness (QED) is 0.884. The van der Waals surface area contributed by atoms with E-state index in [-0.39, 0.29) is 16.9 Å². The Bertz CT molecular complexity index is 586. The summed E-state index contributed by atoms with van der Waals surface area (Å²) in [4.78, 5) is 14.7. The van der Waals surface area contributed by atoms with Crippen molar-refractivity contribution in [3.05, 3.63) is 51.7 Å². The van der Waals surface area contributed by atoms with Gasteiger partial charge in [-0.2, -0.15) is 0 Å². The molecular weight excluding hydrogens is 267 g/mol. The van der Waals surface area contributed by atoms with Crippen LogP contribution >= 0.6 is 11.3 Å². The van der Waals surface area contributed by atoms with Crippen molar-refractivity contribution in [2.24, 2.45) is 0 Å². The lowest BCUT2D eigenvalue weighted by Gasteiger charge is -2.13. The topological polar surface area (TPSA) is 62.2 Å². The van der Waals surface area contributed by atoms with E-state index < -0.39 is 5.97 Å². The van der Waals surface area contributed by atoms with Crippen LogP contribution in [0, 0.1) is 5.82 Å². The summed E-state index contributed by atoms with van der Waals surface area (Å²) in [5.41, 5.74) is 1.51. The lowest BCUT2D eigenvalue weighted by atomic mass is 10.1. The van der Waals surface area contributed by atoms with Gasteiger partial charge in [-0.3, -0.25) is 0 Å². The molecule has 0 unspecified atom stereocenters. The van der Waals surface area contributed by atoms with Crippen molar-refractivity contribution in [2.45, 2.75) is 19.5 Å². The molecule has 1 atom stereocenters. The Morgan fingerprint density at radius 3 is 3.00 bits per heavy atom. The van der Waals surface area contributed by atoms with Gasteiger partial charge in [0.2, 0.25) is 5.01 Å². The summed E-state index contributed by atoms with van der Waals surface area (Å²) in [6.45, 7) is 2.36. The third-order valence-corrected chi connectivity index (χ3v) is 3.55. The number of aromatic nitrogens is 1. The fourth-order valence-electron chi connectivity index (χ4n) is 1.64. The van der Waals surface area contributed by atoms with Crippen molar-refractivity contribution in [3.63, 3.8) is 0 Å². The van der Waals surface area contributed by atoms with E-state index in [2.05, 4.69) is 10.3 Å². The van der Waals surface area contributed by atoms with Crippen molar-refractivity contribution in [1.82, 2.24) is 10.3 Å². The Labute approximate surface area is 113 Å². The molecule has 2 N–H and O–H groups in total. The number of carbonyl (C=O) groups is 1. The molecule has 0 aliphatic heterocycles. The molecule has 2 aromatic rings. The second-order valence-corrected chi connectivity index (χ2v) is 4.96. The predicted molar refractivity (Wildman–Crippen MR) is 70.7 cm³/mol. The zero-order chi connectivity index (χ0) is 13.8. The van der Waals surface area contributed by atoms with Crippen LogP contribution < -0.4 is 5.32 Å². The number of benzene rings is 1. The first-order valence-electron chi connectivity index (χ1n) is 5.73. The Kier molecular flexibility index (Phi) is 4.24. The fraction of sp³-hybridized carbons (Fsp3) is 0.231. The molecule has 0 bridgehead atoms. The lowest BCUT2D eigenvalue weighted by molar-refractivity contribution is 0.0696. The second-order valence-electron chi connectivity index (χ2n) is 4.11. The molecule has 1 aromatic carbocycles. The smallest absolute Gasteiger partial charge is 0.365 e. The highest BCUT2D eigenvalue weighted by atomic mass is 32.1. The minimum Gasteiger partial charge on any atom is -0.476 e. The van der Waals surface area contributed by atoms with Crippen molar-refractivity contribution < 1.29 is 14.3 Å². The summed E-state index contributed by atoms with van der Waals surface area (Å²) in [6.07, 6.45) is 0. The van der Waals surface area contributed by atoms with Crippen LogP contribution in [0.1, 0.15) is 34.0 Å². The average molecular weight is 280 g/mol. The van der Waals surface area contributed by atoms with E-state index in [0.29, 0.717) is 12.2 Å². The zero-order valence-electron chi connectivity index (χ0n) is 10.3. The van der Waals surface area contributed by atoms with E-state index in [1.165, 1.54) is 12.1 Å². The monoisotopic (exact) mass is 280 g/mol. The Hall–Kier alpha value is -1.79. The number of hydrogen-bond acceptors (Lipinski definition) is 4. The van der Waals surface area contributed by atoms with Gasteiger partial charge in [-0.1, -0.05) is 12.1 Å². The van der Waals surface area contributed by atoms with Crippen LogP contribution in [0.25, 0.3) is 0 Å². The molecule has 4 nitrogen and oxygen atoms in total. The van der Waals surface area contributed by atoms with Gasteiger partial charge in [-0.25, -0.2) is 14.2 Å². The van der Waals surface area contributed by atoms with Crippen LogP contribution in [0.3, 0.4) is 0 Å². The van der Waals surface area contributed by atoms with Crippen LogP contribution in [-0.2, 0) is 6.54 Å². The molecule has 0 saturated heterocycles. The molecule has 0 spiro atoms. The van der Waals surface area contributed by atoms with Crippen LogP contribution in [0.15, 0.2) is 29.6 Å². The molecule has 0 radical (unpaired) electrons. The standard InChI is InChI=1S/C13H13FN2O2S/c1-8(9-3-2-4-10(14)5-9)15-6-11-7-19-12(16-11)13(17)18/h2-5,7-8,15H,6H2,1H3,(H,17,18)/t8-/m1/s1. The van der Waals surface area contributed by atoms with E-state index in [4.69, 9.17) is 5.11 Å². The lowest BCUT2D eigenvalue weighted by Crippen LogP contribution is -2.18. The molecule has 0 aliphatic rings. The molecule has 0 saturated carbocycles. The van der Waals surface area contributed by atoms with Crippen LogP contribution in [0.4, 0.5) is 4.39 Å². The minimum absolute atomic E-state index is 0.0364. The Morgan fingerprint density at radius 2 is 2.37 bits per heavy atom. The van der Waals surface area contributed by atoms with E-state index in [0.717, 1.165) is 16.9 Å². The molecule has 100 valence electrons. The first-order valence-corrected chi connectivity index (χ1v) is 6.61. The summed E-state index contributed by atoms with van der Waals surface area (Å²) in [5, 5.41) is 13.7. The fourth-order valence-corrected chi connectivity index (χ4v) is 2.29. The van der Waals surface area contributed by atoms with Crippen LogP contribution in [0.2, 0.25) is 0 Å². The summed E-state index contributed by atoms with van der Waals surface area (Å²) in [6, 6.07) is 6.33. The molecule has 0 amide bonds. The Balaban J connectivity index is 1.96. The largest absolute Gasteiger partial charge is 0.476 e. The van der Waals surface area contributed by atoms with Gasteiger partial charge in [-0.15, -0.1) is 11.3 Å². The highest BCUT2D eigenvalue weighted by molar-refractivity contribution is 7.11. The molecule has 0 aliphatic carbocycles. The second kappa shape index (κ2) is 5.90. The van der Waals surface area contributed by atoms with Crippen LogP contribution in [0.5, 0.6) is 0 Å². The van der Waals surface area contributed by atoms with Gasteiger partial charge in [0, 0.05) is 18.0 Å². The molecular formula is C13H13FN2O2S. The molecule has 0 fully saturated rings. The molecule has 19 heavy (non-hydrogen) atoms. The average Bonchev–Trinajstić information content (AvgIpc) is 2.85. The number of thiazole rings is 1. The maximum atomic E-state index is 13.1. The third kappa shape index (κ3) is 3.59. The van der Waals surface area contributed by atoms with Crippen molar-refractivity contribution in [1.29, 1.82) is 0 Å². The Morgan fingerprint density at radius 1 is 1.58 bits per heavy atom. The number of carboxylic acid groups (broad SMARTS) is 1. The van der Waals surface area contributed by atoms with E-state index in [1.807, 2.05) is 13.0 Å². The van der Waals surface area contributed by atoms with Gasteiger partial charge in [-0.05, 0) is 24.6 Å². The van der Waals surface area contributed by atoms with Crippen molar-refractivity contribution >= 4 is 17.3 Å². The predicted octanol–water partition coefficient (Wildman–Crippen LogP) is 2.83. The van der Waals surface area contributed by atoms with Gasteiger partial charge in [0.25, 0.3) is 0 Å². The number of nitrogens with zero attached hydrogens (tertiary/aromatic N) is 1. The maximum absolute atomic E-state index is 13.1. The molecule has 6 heteroatoms. The van der Waals surface area contributed by atoms with E-state index in [9.17, 15) is 9.18 Å². The van der Waals surface area contributed by atoms with Gasteiger partial charge < -0.3 is 10.4 Å². The molecule has 1 aromatic heterocycles. The highest BCUT2D eigenvalue weighted by Crippen LogP contribution is 2.15. The number of nitrogens with one attached hydrogen (secondary N) is 1.